The maximum Gasteiger partial charge on any atom is 0.226 e. The highest BCUT2D eigenvalue weighted by Gasteiger charge is 2.11. The molecule has 2 rings (SSSR count). The highest BCUT2D eigenvalue weighted by Crippen LogP contribution is 2.24. The molecule has 0 aliphatic heterocycles. The number of hydrogen-bond donors (Lipinski definition) is 2. The van der Waals surface area contributed by atoms with Crippen LogP contribution in [0, 0.1) is 5.82 Å². The molecule has 122 valence electrons. The number of amides is 1. The van der Waals surface area contributed by atoms with E-state index in [1.165, 1.54) is 23.5 Å². The van der Waals surface area contributed by atoms with Gasteiger partial charge in [0, 0.05) is 23.5 Å². The van der Waals surface area contributed by atoms with Gasteiger partial charge in [0.25, 0.3) is 0 Å². The van der Waals surface area contributed by atoms with Gasteiger partial charge < -0.3 is 11.1 Å². The van der Waals surface area contributed by atoms with Crippen molar-refractivity contribution in [3.05, 3.63) is 41.2 Å². The maximum absolute atomic E-state index is 13.2. The lowest BCUT2D eigenvalue weighted by Crippen LogP contribution is -2.38. The third kappa shape index (κ3) is 5.88. The van der Waals surface area contributed by atoms with E-state index in [-0.39, 0.29) is 49.0 Å². The van der Waals surface area contributed by atoms with Gasteiger partial charge in [0.1, 0.15) is 10.8 Å². The number of halogens is 3. The first-order valence-electron chi connectivity index (χ1n) is 6.28. The average molecular weight is 366 g/mol. The van der Waals surface area contributed by atoms with Crippen LogP contribution in [0.4, 0.5) is 4.39 Å². The van der Waals surface area contributed by atoms with Gasteiger partial charge in [-0.15, -0.1) is 36.2 Å². The zero-order chi connectivity index (χ0) is 14.5. The predicted molar refractivity (Wildman–Crippen MR) is 92.4 cm³/mol. The summed E-state index contributed by atoms with van der Waals surface area (Å²) in [6.45, 7) is 2.24. The van der Waals surface area contributed by atoms with E-state index < -0.39 is 0 Å². The van der Waals surface area contributed by atoms with E-state index in [1.54, 1.807) is 12.1 Å². The van der Waals surface area contributed by atoms with Crippen molar-refractivity contribution in [3.8, 4) is 10.6 Å². The van der Waals surface area contributed by atoms with Crippen molar-refractivity contribution < 1.29 is 9.18 Å². The van der Waals surface area contributed by atoms with Crippen LogP contribution in [0.2, 0.25) is 0 Å². The Hall–Kier alpha value is -1.21. The van der Waals surface area contributed by atoms with E-state index in [1.807, 2.05) is 12.3 Å². The van der Waals surface area contributed by atoms with Crippen molar-refractivity contribution >= 4 is 42.1 Å². The molecule has 1 aromatic heterocycles. The number of rotatable bonds is 5. The fraction of sp³-hybridized carbons (Fsp3) is 0.286. The zero-order valence-electron chi connectivity index (χ0n) is 11.9. The molecular formula is C14H18Cl2FN3OS. The minimum atomic E-state index is -0.297. The number of nitrogens with one attached hydrogen (secondary N) is 1. The molecule has 0 fully saturated rings. The number of nitrogens with two attached hydrogens (primary N) is 1. The zero-order valence-corrected chi connectivity index (χ0v) is 14.4. The molecule has 1 atom stereocenters. The summed E-state index contributed by atoms with van der Waals surface area (Å²) in [6, 6.07) is 6.20. The molecule has 3 N–H and O–H groups in total. The van der Waals surface area contributed by atoms with Crippen molar-refractivity contribution in [1.29, 1.82) is 0 Å². The maximum atomic E-state index is 13.2. The predicted octanol–water partition coefficient (Wildman–Crippen LogP) is 2.80. The Morgan fingerprint density at radius 3 is 2.82 bits per heavy atom. The standard InChI is InChI=1S/C14H16FN3OS.2ClH/c1-9(7-16)17-13(19)6-12-8-20-14(18-12)10-3-2-4-11(15)5-10;;/h2-5,8-9H,6-7,16H2,1H3,(H,17,19);2*1H/t9-;;/m0../s1. The molecule has 1 amide bonds. The molecule has 0 unspecified atom stereocenters. The number of thiazole rings is 1. The first kappa shape index (κ1) is 20.8. The van der Waals surface area contributed by atoms with Crippen LogP contribution in [-0.2, 0) is 11.2 Å². The van der Waals surface area contributed by atoms with Crippen LogP contribution >= 0.6 is 36.2 Å². The molecule has 22 heavy (non-hydrogen) atoms. The lowest BCUT2D eigenvalue weighted by Gasteiger charge is -2.09. The van der Waals surface area contributed by atoms with E-state index in [2.05, 4.69) is 10.3 Å². The molecule has 2 aromatic rings. The highest BCUT2D eigenvalue weighted by atomic mass is 35.5. The fourth-order valence-corrected chi connectivity index (χ4v) is 2.51. The van der Waals surface area contributed by atoms with Gasteiger partial charge in [-0.3, -0.25) is 4.79 Å². The Bertz CT molecular complexity index is 609. The van der Waals surface area contributed by atoms with Crippen LogP contribution in [0.5, 0.6) is 0 Å². The molecule has 0 saturated carbocycles. The quantitative estimate of drug-likeness (QED) is 0.855. The summed E-state index contributed by atoms with van der Waals surface area (Å²) >= 11 is 1.40. The Balaban J connectivity index is 0.00000220. The summed E-state index contributed by atoms with van der Waals surface area (Å²) in [4.78, 5) is 16.1. The molecule has 0 radical (unpaired) electrons. The minimum Gasteiger partial charge on any atom is -0.352 e. The van der Waals surface area contributed by atoms with Crippen molar-refractivity contribution in [1.82, 2.24) is 10.3 Å². The Labute approximate surface area is 145 Å². The van der Waals surface area contributed by atoms with E-state index in [9.17, 15) is 9.18 Å². The van der Waals surface area contributed by atoms with Gasteiger partial charge in [-0.1, -0.05) is 12.1 Å². The summed E-state index contributed by atoms with van der Waals surface area (Å²) in [5.41, 5.74) is 6.84. The van der Waals surface area contributed by atoms with Crippen LogP contribution in [0.1, 0.15) is 12.6 Å². The Kier molecular flexibility index (Phi) is 9.20. The monoisotopic (exact) mass is 365 g/mol. The second-order valence-corrected chi connectivity index (χ2v) is 5.39. The van der Waals surface area contributed by atoms with E-state index in [0.717, 1.165) is 5.56 Å². The first-order chi connectivity index (χ1) is 9.58. The number of nitrogens with zero attached hydrogens (tertiary/aromatic N) is 1. The van der Waals surface area contributed by atoms with E-state index in [0.29, 0.717) is 17.2 Å². The topological polar surface area (TPSA) is 68.0 Å². The van der Waals surface area contributed by atoms with Gasteiger partial charge in [0.15, 0.2) is 0 Å². The van der Waals surface area contributed by atoms with Gasteiger partial charge in [0.2, 0.25) is 5.91 Å². The minimum absolute atomic E-state index is 0. The molecular weight excluding hydrogens is 348 g/mol. The van der Waals surface area contributed by atoms with Gasteiger partial charge in [0.05, 0.1) is 12.1 Å². The Morgan fingerprint density at radius 1 is 1.45 bits per heavy atom. The van der Waals surface area contributed by atoms with Crippen LogP contribution in [0.25, 0.3) is 10.6 Å². The van der Waals surface area contributed by atoms with Crippen LogP contribution in [0.15, 0.2) is 29.6 Å². The third-order valence-corrected chi connectivity index (χ3v) is 3.67. The molecule has 0 aliphatic rings. The molecule has 0 spiro atoms. The second-order valence-electron chi connectivity index (χ2n) is 4.54. The number of carbonyl (C=O) groups is 1. The van der Waals surface area contributed by atoms with Gasteiger partial charge in [-0.05, 0) is 19.1 Å². The first-order valence-corrected chi connectivity index (χ1v) is 7.16. The number of hydrogen-bond acceptors (Lipinski definition) is 4. The van der Waals surface area contributed by atoms with Gasteiger partial charge in [-0.2, -0.15) is 0 Å². The fourth-order valence-electron chi connectivity index (χ4n) is 1.69. The molecule has 4 nitrogen and oxygen atoms in total. The molecule has 1 heterocycles. The number of aromatic nitrogens is 1. The average Bonchev–Trinajstić information content (AvgIpc) is 2.87. The Morgan fingerprint density at radius 2 is 2.18 bits per heavy atom. The normalized spacial score (nSPS) is 11.0. The summed E-state index contributed by atoms with van der Waals surface area (Å²) in [6.07, 6.45) is 0.205. The third-order valence-electron chi connectivity index (χ3n) is 2.73. The van der Waals surface area contributed by atoms with Crippen LogP contribution in [-0.4, -0.2) is 23.5 Å². The van der Waals surface area contributed by atoms with E-state index >= 15 is 0 Å². The summed E-state index contributed by atoms with van der Waals surface area (Å²) in [5.74, 6) is -0.409. The smallest absolute Gasteiger partial charge is 0.226 e. The van der Waals surface area contributed by atoms with Gasteiger partial charge in [-0.25, -0.2) is 9.37 Å². The van der Waals surface area contributed by atoms with Crippen LogP contribution < -0.4 is 11.1 Å². The van der Waals surface area contributed by atoms with Crippen molar-refractivity contribution in [2.75, 3.05) is 6.54 Å². The molecule has 0 aliphatic carbocycles. The summed E-state index contributed by atoms with van der Waals surface area (Å²) in [5, 5.41) is 5.30. The van der Waals surface area contributed by atoms with Crippen molar-refractivity contribution in [2.45, 2.75) is 19.4 Å². The number of carbonyl (C=O) groups excluding carboxylic acids is 1. The summed E-state index contributed by atoms with van der Waals surface area (Å²) < 4.78 is 13.2. The molecule has 0 bridgehead atoms. The summed E-state index contributed by atoms with van der Waals surface area (Å²) in [7, 11) is 0. The number of benzene rings is 1. The lowest BCUT2D eigenvalue weighted by molar-refractivity contribution is -0.121. The second kappa shape index (κ2) is 9.74. The molecule has 8 heteroatoms. The largest absolute Gasteiger partial charge is 0.352 e. The molecule has 0 saturated heterocycles. The van der Waals surface area contributed by atoms with Crippen molar-refractivity contribution in [2.24, 2.45) is 5.73 Å². The SMILES string of the molecule is C[C@@H](CN)NC(=O)Cc1csc(-c2cccc(F)c2)n1.Cl.Cl. The highest BCUT2D eigenvalue weighted by molar-refractivity contribution is 7.13. The molecule has 1 aromatic carbocycles. The lowest BCUT2D eigenvalue weighted by atomic mass is 10.2. The van der Waals surface area contributed by atoms with E-state index in [4.69, 9.17) is 5.73 Å². The van der Waals surface area contributed by atoms with Gasteiger partial charge >= 0.3 is 0 Å². The van der Waals surface area contributed by atoms with Crippen LogP contribution in [0.3, 0.4) is 0 Å². The van der Waals surface area contributed by atoms with Crippen molar-refractivity contribution in [3.63, 3.8) is 0 Å².